The molecule has 0 aliphatic carbocycles. The van der Waals surface area contributed by atoms with Gasteiger partial charge in [-0.1, -0.05) is 12.1 Å². The first-order valence-corrected chi connectivity index (χ1v) is 8.88. The Bertz CT molecular complexity index is 1170. The molecule has 0 radical (unpaired) electrons. The molecule has 0 saturated heterocycles. The maximum atomic E-state index is 12.6. The number of nitro benzene ring substituents is 1. The lowest BCUT2D eigenvalue weighted by Crippen LogP contribution is -2.28. The van der Waals surface area contributed by atoms with Gasteiger partial charge < -0.3 is 9.15 Å². The number of carbonyl (C=O) groups excluding carboxylic acids is 3. The van der Waals surface area contributed by atoms with Crippen LogP contribution in [-0.4, -0.2) is 27.6 Å². The SMILES string of the molecule is O=C(OCc1ccccc1[N+](=O)[O-])c1ccc2c(c1)C(=O)N(Cc1ccco1)C2=O. The molecule has 150 valence electrons. The number of carbonyl (C=O) groups is 3. The summed E-state index contributed by atoms with van der Waals surface area (Å²) in [4.78, 5) is 49.1. The van der Waals surface area contributed by atoms with Crippen molar-refractivity contribution >= 4 is 23.5 Å². The first kappa shape index (κ1) is 19.1. The number of furan rings is 1. The molecular weight excluding hydrogens is 392 g/mol. The normalized spacial score (nSPS) is 12.7. The number of hydrogen-bond acceptors (Lipinski definition) is 7. The molecule has 0 N–H and O–H groups in total. The summed E-state index contributed by atoms with van der Waals surface area (Å²) in [6.45, 7) is -0.318. The van der Waals surface area contributed by atoms with E-state index in [-0.39, 0.29) is 41.1 Å². The first-order valence-electron chi connectivity index (χ1n) is 8.88. The number of para-hydroxylation sites is 1. The van der Waals surface area contributed by atoms with E-state index >= 15 is 0 Å². The van der Waals surface area contributed by atoms with Crippen molar-refractivity contribution in [3.05, 3.63) is 99.0 Å². The van der Waals surface area contributed by atoms with Gasteiger partial charge in [-0.25, -0.2) is 4.79 Å². The summed E-state index contributed by atoms with van der Waals surface area (Å²) in [5.41, 5.74) is 0.420. The Morgan fingerprint density at radius 3 is 2.53 bits per heavy atom. The quantitative estimate of drug-likeness (QED) is 0.266. The largest absolute Gasteiger partial charge is 0.467 e. The average molecular weight is 406 g/mol. The molecular formula is C21H14N2O7. The fourth-order valence-electron chi connectivity index (χ4n) is 3.16. The molecule has 0 unspecified atom stereocenters. The van der Waals surface area contributed by atoms with E-state index in [1.165, 1.54) is 42.7 Å². The molecule has 0 fully saturated rings. The highest BCUT2D eigenvalue weighted by Gasteiger charge is 2.36. The van der Waals surface area contributed by atoms with Gasteiger partial charge in [-0.15, -0.1) is 0 Å². The fraction of sp³-hybridized carbons (Fsp3) is 0.0952. The third-order valence-corrected chi connectivity index (χ3v) is 4.65. The van der Waals surface area contributed by atoms with Crippen LogP contribution in [0.4, 0.5) is 5.69 Å². The summed E-state index contributed by atoms with van der Waals surface area (Å²) in [5, 5.41) is 11.1. The number of hydrogen-bond donors (Lipinski definition) is 0. The van der Waals surface area contributed by atoms with Crippen molar-refractivity contribution in [2.75, 3.05) is 0 Å². The molecule has 2 aromatic carbocycles. The van der Waals surface area contributed by atoms with Crippen LogP contribution in [0.25, 0.3) is 0 Å². The van der Waals surface area contributed by atoms with Crippen LogP contribution in [0.1, 0.15) is 42.4 Å². The van der Waals surface area contributed by atoms with Crippen molar-refractivity contribution in [2.45, 2.75) is 13.2 Å². The van der Waals surface area contributed by atoms with Crippen molar-refractivity contribution in [3.63, 3.8) is 0 Å². The fourth-order valence-corrected chi connectivity index (χ4v) is 3.16. The molecule has 30 heavy (non-hydrogen) atoms. The molecule has 9 nitrogen and oxygen atoms in total. The van der Waals surface area contributed by atoms with Crippen molar-refractivity contribution < 1.29 is 28.5 Å². The van der Waals surface area contributed by atoms with E-state index in [0.29, 0.717) is 5.76 Å². The van der Waals surface area contributed by atoms with Crippen LogP contribution < -0.4 is 0 Å². The number of nitro groups is 1. The van der Waals surface area contributed by atoms with Crippen molar-refractivity contribution in [1.82, 2.24) is 4.90 Å². The smallest absolute Gasteiger partial charge is 0.338 e. The third-order valence-electron chi connectivity index (χ3n) is 4.65. The second-order valence-electron chi connectivity index (χ2n) is 6.50. The summed E-state index contributed by atoms with van der Waals surface area (Å²) in [6, 6.07) is 13.3. The predicted octanol–water partition coefficient (Wildman–Crippen LogP) is 3.34. The Balaban J connectivity index is 1.51. The lowest BCUT2D eigenvalue weighted by atomic mass is 10.1. The van der Waals surface area contributed by atoms with Crippen LogP contribution in [0.5, 0.6) is 0 Å². The Hall–Kier alpha value is -4.27. The van der Waals surface area contributed by atoms with Gasteiger partial charge in [-0.05, 0) is 36.4 Å². The molecule has 0 saturated carbocycles. The molecule has 0 atom stereocenters. The van der Waals surface area contributed by atoms with E-state index in [0.717, 1.165) is 4.90 Å². The standard InChI is InChI=1S/C21H14N2O7/c24-19-16-8-7-13(10-17(16)20(25)22(19)11-15-5-3-9-29-15)21(26)30-12-14-4-1-2-6-18(14)23(27)28/h1-10H,11-12H2. The van der Waals surface area contributed by atoms with E-state index in [1.54, 1.807) is 18.2 Å². The van der Waals surface area contributed by atoms with Crippen LogP contribution >= 0.6 is 0 Å². The summed E-state index contributed by atoms with van der Waals surface area (Å²) in [6.07, 6.45) is 1.44. The molecule has 4 rings (SSSR count). The number of fused-ring (bicyclic) bond motifs is 1. The predicted molar refractivity (Wildman–Crippen MR) is 102 cm³/mol. The second kappa shape index (κ2) is 7.63. The van der Waals surface area contributed by atoms with E-state index in [4.69, 9.17) is 9.15 Å². The number of ether oxygens (including phenoxy) is 1. The van der Waals surface area contributed by atoms with Crippen molar-refractivity contribution in [2.24, 2.45) is 0 Å². The second-order valence-corrected chi connectivity index (χ2v) is 6.50. The monoisotopic (exact) mass is 406 g/mol. The zero-order chi connectivity index (χ0) is 21.3. The number of esters is 1. The number of rotatable bonds is 6. The maximum Gasteiger partial charge on any atom is 0.338 e. The van der Waals surface area contributed by atoms with Crippen LogP contribution in [0.2, 0.25) is 0 Å². The van der Waals surface area contributed by atoms with Crippen molar-refractivity contribution in [3.8, 4) is 0 Å². The van der Waals surface area contributed by atoms with Gasteiger partial charge in [0.25, 0.3) is 17.5 Å². The van der Waals surface area contributed by atoms with Gasteiger partial charge >= 0.3 is 5.97 Å². The van der Waals surface area contributed by atoms with Crippen LogP contribution in [0.15, 0.2) is 65.3 Å². The molecule has 0 spiro atoms. The maximum absolute atomic E-state index is 12.6. The van der Waals surface area contributed by atoms with Crippen LogP contribution in [-0.2, 0) is 17.9 Å². The van der Waals surface area contributed by atoms with Gasteiger partial charge in [0.05, 0.1) is 40.0 Å². The zero-order valence-corrected chi connectivity index (χ0v) is 15.4. The number of benzene rings is 2. The highest BCUT2D eigenvalue weighted by molar-refractivity contribution is 6.21. The van der Waals surface area contributed by atoms with Gasteiger partial charge in [0.15, 0.2) is 0 Å². The molecule has 9 heteroatoms. The topological polar surface area (TPSA) is 120 Å². The van der Waals surface area contributed by atoms with Gasteiger partial charge in [0, 0.05) is 6.07 Å². The summed E-state index contributed by atoms with van der Waals surface area (Å²) in [7, 11) is 0. The average Bonchev–Trinajstić information content (AvgIpc) is 3.35. The van der Waals surface area contributed by atoms with Gasteiger partial charge in [-0.3, -0.25) is 24.6 Å². The molecule has 1 aliphatic heterocycles. The minimum absolute atomic E-state index is 0.0171. The summed E-state index contributed by atoms with van der Waals surface area (Å²) < 4.78 is 10.4. The van der Waals surface area contributed by atoms with Crippen LogP contribution in [0, 0.1) is 10.1 Å². The number of amides is 2. The molecule has 1 aromatic heterocycles. The van der Waals surface area contributed by atoms with E-state index in [1.807, 2.05) is 0 Å². The third kappa shape index (κ3) is 3.44. The molecule has 3 aromatic rings. The van der Waals surface area contributed by atoms with Crippen LogP contribution in [0.3, 0.4) is 0 Å². The molecule has 1 aliphatic rings. The minimum atomic E-state index is -0.763. The Labute approximate surface area is 169 Å². The zero-order valence-electron chi connectivity index (χ0n) is 15.4. The van der Waals surface area contributed by atoms with Gasteiger partial charge in [-0.2, -0.15) is 0 Å². The first-order chi connectivity index (χ1) is 14.5. The number of nitrogens with zero attached hydrogens (tertiary/aromatic N) is 2. The van der Waals surface area contributed by atoms with E-state index in [2.05, 4.69) is 0 Å². The highest BCUT2D eigenvalue weighted by atomic mass is 16.6. The van der Waals surface area contributed by atoms with E-state index < -0.39 is 22.7 Å². The highest BCUT2D eigenvalue weighted by Crippen LogP contribution is 2.26. The minimum Gasteiger partial charge on any atom is -0.467 e. The lowest BCUT2D eigenvalue weighted by Gasteiger charge is -2.11. The Morgan fingerprint density at radius 2 is 1.80 bits per heavy atom. The van der Waals surface area contributed by atoms with Gasteiger partial charge in [0.1, 0.15) is 12.4 Å². The summed E-state index contributed by atoms with van der Waals surface area (Å²) in [5.74, 6) is -1.33. The molecule has 0 bridgehead atoms. The molecule has 2 heterocycles. The van der Waals surface area contributed by atoms with E-state index in [9.17, 15) is 24.5 Å². The lowest BCUT2D eigenvalue weighted by molar-refractivity contribution is -0.385. The van der Waals surface area contributed by atoms with Crippen molar-refractivity contribution in [1.29, 1.82) is 0 Å². The molecule has 2 amide bonds. The number of imide groups is 1. The van der Waals surface area contributed by atoms with Gasteiger partial charge in [0.2, 0.25) is 0 Å². The summed E-state index contributed by atoms with van der Waals surface area (Å²) >= 11 is 0. The Morgan fingerprint density at radius 1 is 1.03 bits per heavy atom. The Kier molecular flexibility index (Phi) is 4.85.